The Balaban J connectivity index is 1.71. The molecule has 2 aliphatic rings. The minimum atomic E-state index is -3.65. The van der Waals surface area contributed by atoms with Gasteiger partial charge in [-0.3, -0.25) is 9.48 Å². The number of sulfonamides is 1. The molecule has 1 N–H and O–H groups in total. The van der Waals surface area contributed by atoms with Crippen molar-refractivity contribution in [3.05, 3.63) is 41.7 Å². The quantitative estimate of drug-likeness (QED) is 0.876. The average Bonchev–Trinajstić information content (AvgIpc) is 2.92. The first-order valence-corrected chi connectivity index (χ1v) is 10.8. The molecule has 3 heterocycles. The number of rotatable bonds is 3. The van der Waals surface area contributed by atoms with Crippen molar-refractivity contribution in [3.8, 4) is 0 Å². The molecule has 1 aromatic heterocycles. The van der Waals surface area contributed by atoms with E-state index in [1.807, 2.05) is 19.3 Å². The molecular formula is C19H24N4O3S. The first-order chi connectivity index (χ1) is 12.9. The van der Waals surface area contributed by atoms with Crippen molar-refractivity contribution in [2.45, 2.75) is 49.5 Å². The summed E-state index contributed by atoms with van der Waals surface area (Å²) in [6, 6.07) is 6.67. The summed E-state index contributed by atoms with van der Waals surface area (Å²) in [6.07, 6.45) is 6.44. The zero-order valence-corrected chi connectivity index (χ0v) is 16.2. The molecule has 1 fully saturated rings. The fourth-order valence-corrected chi connectivity index (χ4v) is 5.65. The van der Waals surface area contributed by atoms with Crippen molar-refractivity contribution < 1.29 is 13.2 Å². The molecule has 0 radical (unpaired) electrons. The third-order valence-corrected chi connectivity index (χ3v) is 7.26. The van der Waals surface area contributed by atoms with Crippen molar-refractivity contribution in [3.63, 3.8) is 0 Å². The van der Waals surface area contributed by atoms with Crippen LogP contribution in [0.3, 0.4) is 0 Å². The molecule has 27 heavy (non-hydrogen) atoms. The van der Waals surface area contributed by atoms with Gasteiger partial charge < -0.3 is 5.32 Å². The van der Waals surface area contributed by atoms with Gasteiger partial charge in [0.15, 0.2) is 0 Å². The number of hydrogen-bond acceptors (Lipinski definition) is 4. The maximum atomic E-state index is 13.5. The Bertz CT molecular complexity index is 967. The zero-order valence-electron chi connectivity index (χ0n) is 15.4. The van der Waals surface area contributed by atoms with E-state index in [1.165, 1.54) is 0 Å². The second-order valence-corrected chi connectivity index (χ2v) is 9.15. The highest BCUT2D eigenvalue weighted by Crippen LogP contribution is 2.35. The van der Waals surface area contributed by atoms with E-state index in [-0.39, 0.29) is 11.9 Å². The van der Waals surface area contributed by atoms with E-state index in [0.717, 1.165) is 36.9 Å². The van der Waals surface area contributed by atoms with Crippen LogP contribution < -0.4 is 5.32 Å². The Labute approximate surface area is 159 Å². The fourth-order valence-electron chi connectivity index (χ4n) is 3.93. The van der Waals surface area contributed by atoms with Crippen LogP contribution >= 0.6 is 0 Å². The standard InChI is InChI=1S/C19H24N4O3S/c1-22-12-10-17(21-22)18-5-3-2-4-11-23(18)27(25,26)15-7-8-16-14(13-15)6-9-19(24)20-16/h7-8,10,12-13,18H,2-6,9,11H2,1H3,(H,20,24). The van der Waals surface area contributed by atoms with Gasteiger partial charge in [0, 0.05) is 31.9 Å². The largest absolute Gasteiger partial charge is 0.326 e. The summed E-state index contributed by atoms with van der Waals surface area (Å²) < 4.78 is 30.3. The van der Waals surface area contributed by atoms with Gasteiger partial charge in [-0.15, -0.1) is 0 Å². The van der Waals surface area contributed by atoms with E-state index in [4.69, 9.17) is 0 Å². The van der Waals surface area contributed by atoms with Gasteiger partial charge in [-0.1, -0.05) is 12.8 Å². The summed E-state index contributed by atoms with van der Waals surface area (Å²) in [6.45, 7) is 0.497. The number of nitrogens with zero attached hydrogens (tertiary/aromatic N) is 3. The number of fused-ring (bicyclic) bond motifs is 1. The first-order valence-electron chi connectivity index (χ1n) is 9.39. The second kappa shape index (κ2) is 7.09. The average molecular weight is 388 g/mol. The third-order valence-electron chi connectivity index (χ3n) is 5.36. The number of aryl methyl sites for hydroxylation is 2. The topological polar surface area (TPSA) is 84.3 Å². The van der Waals surface area contributed by atoms with Crippen LogP contribution in [0, 0.1) is 0 Å². The summed E-state index contributed by atoms with van der Waals surface area (Å²) in [5.74, 6) is -0.0270. The monoisotopic (exact) mass is 388 g/mol. The predicted molar refractivity (Wildman–Crippen MR) is 102 cm³/mol. The number of nitrogens with one attached hydrogen (secondary N) is 1. The number of carbonyl (C=O) groups is 1. The minimum absolute atomic E-state index is 0.0270. The third kappa shape index (κ3) is 3.51. The second-order valence-electron chi connectivity index (χ2n) is 7.26. The molecule has 2 aromatic rings. The van der Waals surface area contributed by atoms with Crippen molar-refractivity contribution in [1.29, 1.82) is 0 Å². The maximum absolute atomic E-state index is 13.5. The van der Waals surface area contributed by atoms with E-state index in [1.54, 1.807) is 27.2 Å². The smallest absolute Gasteiger partial charge is 0.243 e. The molecule has 1 unspecified atom stereocenters. The lowest BCUT2D eigenvalue weighted by Crippen LogP contribution is -2.35. The lowest BCUT2D eigenvalue weighted by atomic mass is 10.0. The van der Waals surface area contributed by atoms with Crippen LogP contribution in [-0.4, -0.2) is 35.0 Å². The minimum Gasteiger partial charge on any atom is -0.326 e. The van der Waals surface area contributed by atoms with Crippen molar-refractivity contribution in [2.75, 3.05) is 11.9 Å². The molecule has 0 bridgehead atoms. The molecule has 0 spiro atoms. The molecule has 1 aromatic carbocycles. The molecule has 144 valence electrons. The van der Waals surface area contributed by atoms with Gasteiger partial charge >= 0.3 is 0 Å². The van der Waals surface area contributed by atoms with Gasteiger partial charge in [-0.2, -0.15) is 9.40 Å². The van der Waals surface area contributed by atoms with Crippen LogP contribution in [0.2, 0.25) is 0 Å². The molecule has 7 nitrogen and oxygen atoms in total. The van der Waals surface area contributed by atoms with Gasteiger partial charge in [0.1, 0.15) is 0 Å². The van der Waals surface area contributed by atoms with Gasteiger partial charge in [0.2, 0.25) is 15.9 Å². The fraction of sp³-hybridized carbons (Fsp3) is 0.474. The van der Waals surface area contributed by atoms with Crippen LogP contribution in [0.4, 0.5) is 5.69 Å². The normalized spacial score (nSPS) is 21.4. The highest BCUT2D eigenvalue weighted by molar-refractivity contribution is 7.89. The lowest BCUT2D eigenvalue weighted by Gasteiger charge is -2.28. The molecule has 1 amide bonds. The number of aromatic nitrogens is 2. The first kappa shape index (κ1) is 18.2. The molecule has 4 rings (SSSR count). The summed E-state index contributed by atoms with van der Waals surface area (Å²) in [7, 11) is -1.81. The van der Waals surface area contributed by atoms with Crippen molar-refractivity contribution in [2.24, 2.45) is 7.05 Å². The van der Waals surface area contributed by atoms with Crippen LogP contribution in [0.25, 0.3) is 0 Å². The molecule has 2 aliphatic heterocycles. The Hall–Kier alpha value is -2.19. The predicted octanol–water partition coefficient (Wildman–Crippen LogP) is 2.61. The lowest BCUT2D eigenvalue weighted by molar-refractivity contribution is -0.116. The van der Waals surface area contributed by atoms with Crippen molar-refractivity contribution in [1.82, 2.24) is 14.1 Å². The van der Waals surface area contributed by atoms with E-state index in [0.29, 0.717) is 30.0 Å². The molecule has 1 saturated heterocycles. The number of carbonyl (C=O) groups excluding carboxylic acids is 1. The molecule has 1 atom stereocenters. The van der Waals surface area contributed by atoms with E-state index >= 15 is 0 Å². The number of anilines is 1. The SMILES string of the molecule is Cn1ccc(C2CCCCCN2S(=O)(=O)c2ccc3c(c2)CCC(=O)N3)n1. The molecule has 0 aliphatic carbocycles. The van der Waals surface area contributed by atoms with Gasteiger partial charge in [-0.05, 0) is 49.1 Å². The number of benzene rings is 1. The van der Waals surface area contributed by atoms with E-state index in [9.17, 15) is 13.2 Å². The van der Waals surface area contributed by atoms with E-state index < -0.39 is 10.0 Å². The Morgan fingerprint density at radius 2 is 2.00 bits per heavy atom. The van der Waals surface area contributed by atoms with Crippen LogP contribution in [0.1, 0.15) is 49.4 Å². The summed E-state index contributed by atoms with van der Waals surface area (Å²) in [4.78, 5) is 11.8. The Morgan fingerprint density at radius 3 is 2.78 bits per heavy atom. The Kier molecular flexibility index (Phi) is 4.77. The summed E-state index contributed by atoms with van der Waals surface area (Å²) in [5.41, 5.74) is 2.38. The Morgan fingerprint density at radius 1 is 1.15 bits per heavy atom. The van der Waals surface area contributed by atoms with Crippen molar-refractivity contribution >= 4 is 21.6 Å². The summed E-state index contributed by atoms with van der Waals surface area (Å²) >= 11 is 0. The molecule has 8 heteroatoms. The van der Waals surface area contributed by atoms with Gasteiger partial charge in [0.05, 0.1) is 16.6 Å². The highest BCUT2D eigenvalue weighted by Gasteiger charge is 2.35. The molecular weight excluding hydrogens is 364 g/mol. The van der Waals surface area contributed by atoms with E-state index in [2.05, 4.69) is 10.4 Å². The van der Waals surface area contributed by atoms with Crippen LogP contribution in [0.5, 0.6) is 0 Å². The number of hydrogen-bond donors (Lipinski definition) is 1. The number of amides is 1. The maximum Gasteiger partial charge on any atom is 0.243 e. The van der Waals surface area contributed by atoms with Gasteiger partial charge in [0.25, 0.3) is 0 Å². The zero-order chi connectivity index (χ0) is 19.0. The van der Waals surface area contributed by atoms with Crippen LogP contribution in [-0.2, 0) is 28.3 Å². The summed E-state index contributed by atoms with van der Waals surface area (Å²) in [5, 5.41) is 7.28. The highest BCUT2D eigenvalue weighted by atomic mass is 32.2. The van der Waals surface area contributed by atoms with Gasteiger partial charge in [-0.25, -0.2) is 8.42 Å². The van der Waals surface area contributed by atoms with Crippen LogP contribution in [0.15, 0.2) is 35.4 Å². The molecule has 0 saturated carbocycles.